The molecule has 1 saturated heterocycles. The van der Waals surface area contributed by atoms with Crippen LogP contribution in [-0.4, -0.2) is 44.8 Å². The van der Waals surface area contributed by atoms with Gasteiger partial charge in [-0.05, 0) is 6.07 Å². The second-order valence-corrected chi connectivity index (χ2v) is 3.62. The second-order valence-electron chi connectivity index (χ2n) is 3.62. The third-order valence-corrected chi connectivity index (χ3v) is 2.45. The van der Waals surface area contributed by atoms with E-state index in [2.05, 4.69) is 5.10 Å². The molecule has 1 aliphatic rings. The Labute approximate surface area is 86.1 Å². The van der Waals surface area contributed by atoms with E-state index in [0.29, 0.717) is 5.69 Å². The van der Waals surface area contributed by atoms with Gasteiger partial charge in [0.1, 0.15) is 5.69 Å². The molecule has 2 rings (SSSR count). The lowest BCUT2D eigenvalue weighted by Gasteiger charge is -2.36. The topological polar surface area (TPSA) is 75.4 Å². The number of carbonyl (C=O) groups is 2. The van der Waals surface area contributed by atoms with Crippen LogP contribution in [0.2, 0.25) is 0 Å². The maximum atomic E-state index is 11.7. The molecule has 1 aliphatic heterocycles. The zero-order valence-corrected chi connectivity index (χ0v) is 8.25. The van der Waals surface area contributed by atoms with E-state index in [0.717, 1.165) is 0 Å². The van der Waals surface area contributed by atoms with Crippen molar-refractivity contribution in [2.24, 2.45) is 13.0 Å². The SMILES string of the molecule is Cn1ccc(C(=O)N2CC(C(=O)O)C2)n1. The van der Waals surface area contributed by atoms with E-state index in [1.165, 1.54) is 4.90 Å². The first-order valence-electron chi connectivity index (χ1n) is 4.59. The Kier molecular flexibility index (Phi) is 2.18. The fourth-order valence-corrected chi connectivity index (χ4v) is 1.49. The maximum absolute atomic E-state index is 11.7. The number of rotatable bonds is 2. The number of likely N-dealkylation sites (tertiary alicyclic amines) is 1. The average Bonchev–Trinajstić information content (AvgIpc) is 2.48. The van der Waals surface area contributed by atoms with Crippen molar-refractivity contribution < 1.29 is 14.7 Å². The third-order valence-electron chi connectivity index (χ3n) is 2.45. The quantitative estimate of drug-likeness (QED) is 0.717. The van der Waals surface area contributed by atoms with Gasteiger partial charge in [-0.3, -0.25) is 14.3 Å². The third kappa shape index (κ3) is 1.70. The van der Waals surface area contributed by atoms with E-state index < -0.39 is 11.9 Å². The van der Waals surface area contributed by atoms with Gasteiger partial charge in [0, 0.05) is 26.3 Å². The molecule has 0 unspecified atom stereocenters. The number of hydrogen-bond donors (Lipinski definition) is 1. The zero-order chi connectivity index (χ0) is 11.0. The molecule has 1 aromatic heterocycles. The number of carbonyl (C=O) groups excluding carboxylic acids is 1. The van der Waals surface area contributed by atoms with Crippen LogP contribution in [0.3, 0.4) is 0 Å². The van der Waals surface area contributed by atoms with Crippen molar-refractivity contribution in [2.45, 2.75) is 0 Å². The average molecular weight is 209 g/mol. The molecule has 15 heavy (non-hydrogen) atoms. The van der Waals surface area contributed by atoms with Crippen LogP contribution in [0.4, 0.5) is 0 Å². The smallest absolute Gasteiger partial charge is 0.310 e. The van der Waals surface area contributed by atoms with Crippen LogP contribution in [0.15, 0.2) is 12.3 Å². The summed E-state index contributed by atoms with van der Waals surface area (Å²) in [6.45, 7) is 0.565. The van der Waals surface area contributed by atoms with Crippen molar-refractivity contribution in [3.05, 3.63) is 18.0 Å². The normalized spacial score (nSPS) is 16.2. The van der Waals surface area contributed by atoms with Gasteiger partial charge in [-0.15, -0.1) is 0 Å². The van der Waals surface area contributed by atoms with Crippen LogP contribution >= 0.6 is 0 Å². The standard InChI is InChI=1S/C9H11N3O3/c1-11-3-2-7(10-11)8(13)12-4-6(5-12)9(14)15/h2-3,6H,4-5H2,1H3,(H,14,15). The van der Waals surface area contributed by atoms with E-state index in [1.807, 2.05) is 0 Å². The summed E-state index contributed by atoms with van der Waals surface area (Å²) >= 11 is 0. The van der Waals surface area contributed by atoms with Crippen molar-refractivity contribution in [3.63, 3.8) is 0 Å². The molecule has 0 radical (unpaired) electrons. The van der Waals surface area contributed by atoms with Crippen molar-refractivity contribution >= 4 is 11.9 Å². The number of hydrogen-bond acceptors (Lipinski definition) is 3. The summed E-state index contributed by atoms with van der Waals surface area (Å²) in [7, 11) is 1.73. The van der Waals surface area contributed by atoms with Gasteiger partial charge in [0.25, 0.3) is 5.91 Å². The van der Waals surface area contributed by atoms with Crippen molar-refractivity contribution in [1.82, 2.24) is 14.7 Å². The summed E-state index contributed by atoms with van der Waals surface area (Å²) in [6.07, 6.45) is 1.68. The predicted octanol–water partition coefficient (Wildman–Crippen LogP) is -0.423. The Morgan fingerprint density at radius 2 is 2.20 bits per heavy atom. The fourth-order valence-electron chi connectivity index (χ4n) is 1.49. The highest BCUT2D eigenvalue weighted by Crippen LogP contribution is 2.17. The van der Waals surface area contributed by atoms with Crippen molar-refractivity contribution in [2.75, 3.05) is 13.1 Å². The molecule has 6 heteroatoms. The molecule has 80 valence electrons. The van der Waals surface area contributed by atoms with E-state index >= 15 is 0 Å². The molecular weight excluding hydrogens is 198 g/mol. The maximum Gasteiger partial charge on any atom is 0.310 e. The monoisotopic (exact) mass is 209 g/mol. The lowest BCUT2D eigenvalue weighted by molar-refractivity contribution is -0.146. The van der Waals surface area contributed by atoms with Crippen LogP contribution in [0.5, 0.6) is 0 Å². The second kappa shape index (κ2) is 3.38. The van der Waals surface area contributed by atoms with Crippen LogP contribution in [-0.2, 0) is 11.8 Å². The number of amides is 1. The van der Waals surface area contributed by atoms with Crippen molar-refractivity contribution in [1.29, 1.82) is 0 Å². The van der Waals surface area contributed by atoms with Gasteiger partial charge >= 0.3 is 5.97 Å². The number of aliphatic carboxylic acids is 1. The molecule has 1 aromatic rings. The highest BCUT2D eigenvalue weighted by atomic mass is 16.4. The number of nitrogens with zero attached hydrogens (tertiary/aromatic N) is 3. The fraction of sp³-hybridized carbons (Fsp3) is 0.444. The highest BCUT2D eigenvalue weighted by Gasteiger charge is 2.36. The molecule has 1 fully saturated rings. The highest BCUT2D eigenvalue weighted by molar-refractivity contribution is 5.93. The molecule has 0 aliphatic carbocycles. The molecule has 6 nitrogen and oxygen atoms in total. The van der Waals surface area contributed by atoms with Gasteiger partial charge in [0.05, 0.1) is 5.92 Å². The number of aromatic nitrogens is 2. The minimum Gasteiger partial charge on any atom is -0.481 e. The number of carboxylic acid groups (broad SMARTS) is 1. The Bertz CT molecular complexity index is 406. The van der Waals surface area contributed by atoms with E-state index in [1.54, 1.807) is 24.0 Å². The van der Waals surface area contributed by atoms with E-state index in [-0.39, 0.29) is 19.0 Å². The first-order valence-corrected chi connectivity index (χ1v) is 4.59. The molecule has 0 aromatic carbocycles. The number of aryl methyl sites for hydroxylation is 1. The van der Waals surface area contributed by atoms with Crippen molar-refractivity contribution in [3.8, 4) is 0 Å². The minimum absolute atomic E-state index is 0.201. The van der Waals surface area contributed by atoms with Gasteiger partial charge in [0.15, 0.2) is 0 Å². The Morgan fingerprint density at radius 1 is 1.53 bits per heavy atom. The van der Waals surface area contributed by atoms with Gasteiger partial charge < -0.3 is 10.0 Å². The van der Waals surface area contributed by atoms with Crippen LogP contribution in [0, 0.1) is 5.92 Å². The summed E-state index contributed by atoms with van der Waals surface area (Å²) in [6, 6.07) is 1.62. The predicted molar refractivity (Wildman–Crippen MR) is 50.2 cm³/mol. The summed E-state index contributed by atoms with van der Waals surface area (Å²) in [5.74, 6) is -1.47. The summed E-state index contributed by atoms with van der Waals surface area (Å²) in [4.78, 5) is 23.7. The minimum atomic E-state index is -0.847. The van der Waals surface area contributed by atoms with Gasteiger partial charge in [-0.2, -0.15) is 5.10 Å². The molecule has 0 atom stereocenters. The Morgan fingerprint density at radius 3 is 2.67 bits per heavy atom. The lowest BCUT2D eigenvalue weighted by atomic mass is 10.0. The van der Waals surface area contributed by atoms with E-state index in [9.17, 15) is 9.59 Å². The Hall–Kier alpha value is -1.85. The van der Waals surface area contributed by atoms with Crippen LogP contribution < -0.4 is 0 Å². The molecule has 0 bridgehead atoms. The summed E-state index contributed by atoms with van der Waals surface area (Å²) in [5, 5.41) is 12.6. The zero-order valence-electron chi connectivity index (χ0n) is 8.25. The van der Waals surface area contributed by atoms with Gasteiger partial charge in [-0.25, -0.2) is 0 Å². The first-order chi connectivity index (χ1) is 7.08. The largest absolute Gasteiger partial charge is 0.481 e. The lowest BCUT2D eigenvalue weighted by Crippen LogP contribution is -2.53. The van der Waals surface area contributed by atoms with E-state index in [4.69, 9.17) is 5.11 Å². The number of carboxylic acids is 1. The van der Waals surface area contributed by atoms with Crippen LogP contribution in [0.25, 0.3) is 0 Å². The van der Waals surface area contributed by atoms with Gasteiger partial charge in [-0.1, -0.05) is 0 Å². The first kappa shape index (κ1) is 9.70. The molecular formula is C9H11N3O3. The molecule has 0 saturated carbocycles. The summed E-state index contributed by atoms with van der Waals surface area (Å²) in [5.41, 5.74) is 0.362. The molecule has 2 heterocycles. The molecule has 0 spiro atoms. The Balaban J connectivity index is 1.97. The molecule has 1 N–H and O–H groups in total. The van der Waals surface area contributed by atoms with Gasteiger partial charge in [0.2, 0.25) is 0 Å². The molecule has 1 amide bonds. The summed E-state index contributed by atoms with van der Waals surface area (Å²) < 4.78 is 1.54. The van der Waals surface area contributed by atoms with Crippen LogP contribution in [0.1, 0.15) is 10.5 Å².